The first-order chi connectivity index (χ1) is 9.06. The first-order valence-corrected chi connectivity index (χ1v) is 6.79. The summed E-state index contributed by atoms with van der Waals surface area (Å²) >= 11 is 0. The third kappa shape index (κ3) is 2.45. The summed E-state index contributed by atoms with van der Waals surface area (Å²) in [6.45, 7) is 3.75. The minimum absolute atomic E-state index is 0.117. The number of rotatable bonds is 2. The summed E-state index contributed by atoms with van der Waals surface area (Å²) in [7, 11) is 0. The summed E-state index contributed by atoms with van der Waals surface area (Å²) in [5.74, 6) is 0.220. The van der Waals surface area contributed by atoms with Crippen molar-refractivity contribution < 1.29 is 14.6 Å². The fraction of sp³-hybridized carbons (Fsp3) is 0.533. The van der Waals surface area contributed by atoms with Crippen molar-refractivity contribution in [3.05, 3.63) is 29.3 Å². The van der Waals surface area contributed by atoms with E-state index in [9.17, 15) is 4.79 Å². The van der Waals surface area contributed by atoms with Crippen molar-refractivity contribution in [2.45, 2.75) is 31.8 Å². The molecule has 0 bridgehead atoms. The normalized spacial score (nSPS) is 26.2. The lowest BCUT2D eigenvalue weighted by atomic mass is 9.90. The zero-order valence-electron chi connectivity index (χ0n) is 11.2. The molecule has 102 valence electrons. The summed E-state index contributed by atoms with van der Waals surface area (Å²) in [6.07, 6.45) is 2.94. The lowest BCUT2D eigenvalue weighted by Gasteiger charge is -2.35. The fourth-order valence-corrected chi connectivity index (χ4v) is 3.19. The van der Waals surface area contributed by atoms with Gasteiger partial charge in [0.05, 0.1) is 6.54 Å². The van der Waals surface area contributed by atoms with E-state index in [1.807, 2.05) is 11.0 Å². The number of carboxylic acids is 1. The molecule has 1 saturated heterocycles. The quantitative estimate of drug-likeness (QED) is 0.882. The Morgan fingerprint density at radius 2 is 2.32 bits per heavy atom. The number of hydrogen-bond acceptors (Lipinski definition) is 3. The highest BCUT2D eigenvalue weighted by Gasteiger charge is 2.42. The average Bonchev–Trinajstić information content (AvgIpc) is 2.72. The van der Waals surface area contributed by atoms with E-state index in [0.717, 1.165) is 38.1 Å². The molecule has 1 atom stereocenters. The van der Waals surface area contributed by atoms with Crippen LogP contribution in [0.15, 0.2) is 18.2 Å². The van der Waals surface area contributed by atoms with Crippen molar-refractivity contribution in [2.24, 2.45) is 0 Å². The molecule has 0 radical (unpaired) electrons. The summed E-state index contributed by atoms with van der Waals surface area (Å²) in [6, 6.07) is 6.30. The number of likely N-dealkylation sites (tertiary alicyclic amines) is 1. The van der Waals surface area contributed by atoms with Gasteiger partial charge in [0.25, 0.3) is 0 Å². The van der Waals surface area contributed by atoms with E-state index in [1.54, 1.807) is 0 Å². The molecule has 2 heterocycles. The fourth-order valence-electron chi connectivity index (χ4n) is 3.19. The van der Waals surface area contributed by atoms with Crippen LogP contribution in [-0.2, 0) is 11.2 Å². The second-order valence-corrected chi connectivity index (χ2v) is 5.75. The molecule has 19 heavy (non-hydrogen) atoms. The third-order valence-electron chi connectivity index (χ3n) is 4.15. The largest absolute Gasteiger partial charge is 0.486 e. The zero-order chi connectivity index (χ0) is 13.5. The van der Waals surface area contributed by atoms with Gasteiger partial charge in [-0.2, -0.15) is 0 Å². The Balaban J connectivity index is 1.75. The molecule has 2 aliphatic heterocycles. The van der Waals surface area contributed by atoms with Crippen LogP contribution in [0.2, 0.25) is 0 Å². The first-order valence-electron chi connectivity index (χ1n) is 6.79. The molecule has 1 aromatic carbocycles. The van der Waals surface area contributed by atoms with Crippen LogP contribution < -0.4 is 4.74 Å². The molecule has 1 N–H and O–H groups in total. The second kappa shape index (κ2) is 4.53. The Bertz CT molecular complexity index is 514. The van der Waals surface area contributed by atoms with E-state index in [0.29, 0.717) is 0 Å². The summed E-state index contributed by atoms with van der Waals surface area (Å²) < 4.78 is 6.21. The van der Waals surface area contributed by atoms with Gasteiger partial charge in [-0.15, -0.1) is 0 Å². The molecule has 0 aliphatic carbocycles. The Morgan fingerprint density at radius 1 is 1.47 bits per heavy atom. The van der Waals surface area contributed by atoms with Gasteiger partial charge in [0.15, 0.2) is 0 Å². The number of aliphatic carboxylic acids is 1. The van der Waals surface area contributed by atoms with Crippen molar-refractivity contribution >= 4 is 5.97 Å². The number of benzene rings is 1. The van der Waals surface area contributed by atoms with Crippen LogP contribution in [-0.4, -0.2) is 41.2 Å². The summed E-state index contributed by atoms with van der Waals surface area (Å²) in [5, 5.41) is 8.87. The van der Waals surface area contributed by atoms with Crippen molar-refractivity contribution in [3.63, 3.8) is 0 Å². The van der Waals surface area contributed by atoms with E-state index in [4.69, 9.17) is 9.84 Å². The maximum atomic E-state index is 10.8. The molecule has 1 unspecified atom stereocenters. The topological polar surface area (TPSA) is 49.8 Å². The van der Waals surface area contributed by atoms with Gasteiger partial charge in [-0.05, 0) is 31.4 Å². The number of ether oxygens (including phenoxy) is 1. The molecule has 2 aliphatic rings. The monoisotopic (exact) mass is 261 g/mol. The lowest BCUT2D eigenvalue weighted by molar-refractivity contribution is -0.138. The van der Waals surface area contributed by atoms with Crippen LogP contribution in [0, 0.1) is 6.92 Å². The molecule has 1 aromatic rings. The predicted molar refractivity (Wildman–Crippen MR) is 71.6 cm³/mol. The Hall–Kier alpha value is -1.55. The van der Waals surface area contributed by atoms with Crippen LogP contribution in [0.25, 0.3) is 0 Å². The zero-order valence-corrected chi connectivity index (χ0v) is 11.2. The maximum absolute atomic E-state index is 10.8. The number of carboxylic acid groups (broad SMARTS) is 1. The summed E-state index contributed by atoms with van der Waals surface area (Å²) in [4.78, 5) is 12.8. The minimum atomic E-state index is -0.760. The standard InChI is InChI=1S/C15H19NO3/c1-11-2-3-13-12(8-11)4-5-15(19-13)6-7-16(10-15)9-14(17)18/h2-3,8H,4-7,9-10H2,1H3,(H,17,18). The average molecular weight is 261 g/mol. The predicted octanol–water partition coefficient (Wildman–Crippen LogP) is 1.85. The van der Waals surface area contributed by atoms with Crippen molar-refractivity contribution in [1.29, 1.82) is 0 Å². The third-order valence-corrected chi connectivity index (χ3v) is 4.15. The maximum Gasteiger partial charge on any atom is 0.317 e. The Labute approximate surface area is 113 Å². The highest BCUT2D eigenvalue weighted by Crippen LogP contribution is 2.38. The SMILES string of the molecule is Cc1ccc2c(c1)CCC1(CCN(CC(=O)O)C1)O2. The molecule has 4 heteroatoms. The number of carbonyl (C=O) groups is 1. The first kappa shape index (κ1) is 12.5. The van der Waals surface area contributed by atoms with E-state index in [1.165, 1.54) is 11.1 Å². The van der Waals surface area contributed by atoms with Gasteiger partial charge >= 0.3 is 5.97 Å². The van der Waals surface area contributed by atoms with Crippen LogP contribution >= 0.6 is 0 Å². The number of hydrogen-bond donors (Lipinski definition) is 1. The molecule has 0 saturated carbocycles. The van der Waals surface area contributed by atoms with Gasteiger partial charge < -0.3 is 9.84 Å². The second-order valence-electron chi connectivity index (χ2n) is 5.75. The Kier molecular flexibility index (Phi) is 2.97. The van der Waals surface area contributed by atoms with Crippen LogP contribution in [0.3, 0.4) is 0 Å². The minimum Gasteiger partial charge on any atom is -0.486 e. The van der Waals surface area contributed by atoms with Crippen molar-refractivity contribution in [2.75, 3.05) is 19.6 Å². The van der Waals surface area contributed by atoms with Gasteiger partial charge in [0.1, 0.15) is 11.4 Å². The smallest absolute Gasteiger partial charge is 0.317 e. The molecular weight excluding hydrogens is 242 g/mol. The molecule has 0 amide bonds. The van der Waals surface area contributed by atoms with Gasteiger partial charge in [0, 0.05) is 19.5 Å². The number of fused-ring (bicyclic) bond motifs is 1. The number of nitrogens with zero attached hydrogens (tertiary/aromatic N) is 1. The lowest BCUT2D eigenvalue weighted by Crippen LogP contribution is -2.43. The molecule has 1 fully saturated rings. The van der Waals surface area contributed by atoms with E-state index < -0.39 is 5.97 Å². The molecule has 1 spiro atoms. The molecular formula is C15H19NO3. The van der Waals surface area contributed by atoms with Crippen molar-refractivity contribution in [1.82, 2.24) is 4.90 Å². The van der Waals surface area contributed by atoms with E-state index in [-0.39, 0.29) is 12.1 Å². The highest BCUT2D eigenvalue weighted by atomic mass is 16.5. The highest BCUT2D eigenvalue weighted by molar-refractivity contribution is 5.69. The molecule has 4 nitrogen and oxygen atoms in total. The van der Waals surface area contributed by atoms with Gasteiger partial charge in [-0.3, -0.25) is 9.69 Å². The van der Waals surface area contributed by atoms with Crippen LogP contribution in [0.5, 0.6) is 5.75 Å². The van der Waals surface area contributed by atoms with E-state index >= 15 is 0 Å². The van der Waals surface area contributed by atoms with Gasteiger partial charge in [-0.25, -0.2) is 0 Å². The van der Waals surface area contributed by atoms with Crippen molar-refractivity contribution in [3.8, 4) is 5.75 Å². The van der Waals surface area contributed by atoms with Crippen LogP contribution in [0.4, 0.5) is 0 Å². The molecule has 3 rings (SSSR count). The molecule has 0 aromatic heterocycles. The van der Waals surface area contributed by atoms with E-state index in [2.05, 4.69) is 19.1 Å². The summed E-state index contributed by atoms with van der Waals surface area (Å²) in [5.41, 5.74) is 2.37. The van der Waals surface area contributed by atoms with Gasteiger partial charge in [0.2, 0.25) is 0 Å². The number of aryl methyl sites for hydroxylation is 2. The van der Waals surface area contributed by atoms with Gasteiger partial charge in [-0.1, -0.05) is 17.7 Å². The Morgan fingerprint density at radius 3 is 3.11 bits per heavy atom. The van der Waals surface area contributed by atoms with Crippen LogP contribution in [0.1, 0.15) is 24.0 Å².